The summed E-state index contributed by atoms with van der Waals surface area (Å²) < 4.78 is 86.8. The molecule has 42 heavy (non-hydrogen) atoms. The van der Waals surface area contributed by atoms with E-state index in [-0.39, 0.29) is 56.2 Å². The van der Waals surface area contributed by atoms with Crippen LogP contribution in [0.25, 0.3) is 10.2 Å². The second-order valence-electron chi connectivity index (χ2n) is 12.1. The van der Waals surface area contributed by atoms with Gasteiger partial charge >= 0.3 is 12.4 Å². The van der Waals surface area contributed by atoms with Gasteiger partial charge in [0.2, 0.25) is 5.91 Å². The van der Waals surface area contributed by atoms with E-state index in [1.807, 2.05) is 30.3 Å². The average molecular weight is 611 g/mol. The first-order valence-electron chi connectivity index (χ1n) is 13.9. The molecule has 1 saturated carbocycles. The molecular formula is C29H28F6N4O2S. The van der Waals surface area contributed by atoms with E-state index in [9.17, 15) is 31.1 Å². The Kier molecular flexibility index (Phi) is 6.52. The SMILES string of the molecule is O=C([C@H]1N[C@H]2C[C@@H]1C[C@@H]2OCc1ccccc1)N1CC2(C1)CN(c1c(C(F)(F)F)cnc3sc(CC(F)(F)F)cc13)C2. The number of amides is 1. The fourth-order valence-electron chi connectivity index (χ4n) is 7.18. The van der Waals surface area contributed by atoms with Crippen LogP contribution in [0.5, 0.6) is 0 Å². The Labute approximate surface area is 241 Å². The fourth-order valence-corrected chi connectivity index (χ4v) is 8.21. The number of thiophene rings is 1. The molecule has 1 spiro atoms. The molecule has 4 aliphatic rings. The summed E-state index contributed by atoms with van der Waals surface area (Å²) in [7, 11) is 0. The van der Waals surface area contributed by atoms with Gasteiger partial charge in [0.25, 0.3) is 0 Å². The van der Waals surface area contributed by atoms with Gasteiger partial charge in [0, 0.05) is 54.1 Å². The van der Waals surface area contributed by atoms with E-state index in [0.29, 0.717) is 39.0 Å². The highest BCUT2D eigenvalue weighted by molar-refractivity contribution is 7.18. The maximum atomic E-state index is 13.9. The molecule has 7 rings (SSSR count). The van der Waals surface area contributed by atoms with E-state index < -0.39 is 24.3 Å². The second-order valence-corrected chi connectivity index (χ2v) is 13.2. The number of fused-ring (bicyclic) bond motifs is 3. The van der Waals surface area contributed by atoms with Crippen LogP contribution in [0.2, 0.25) is 0 Å². The minimum atomic E-state index is -4.71. The number of nitrogens with zero attached hydrogens (tertiary/aromatic N) is 3. The molecule has 0 unspecified atom stereocenters. The quantitative estimate of drug-likeness (QED) is 0.379. The van der Waals surface area contributed by atoms with Crippen LogP contribution in [0, 0.1) is 11.3 Å². The molecule has 3 aliphatic heterocycles. The Balaban J connectivity index is 0.980. The summed E-state index contributed by atoms with van der Waals surface area (Å²) in [6, 6.07) is 10.9. The van der Waals surface area contributed by atoms with Crippen LogP contribution in [-0.4, -0.2) is 66.3 Å². The van der Waals surface area contributed by atoms with Gasteiger partial charge in [-0.25, -0.2) is 4.98 Å². The van der Waals surface area contributed by atoms with Gasteiger partial charge in [0.15, 0.2) is 0 Å². The first-order chi connectivity index (χ1) is 19.9. The molecule has 0 radical (unpaired) electrons. The first kappa shape index (κ1) is 27.9. The molecule has 13 heteroatoms. The normalized spacial score (nSPS) is 26.6. The Bertz CT molecular complexity index is 1500. The highest BCUT2D eigenvalue weighted by Gasteiger charge is 2.57. The number of hydrogen-bond acceptors (Lipinski definition) is 6. The molecule has 4 fully saturated rings. The molecule has 3 saturated heterocycles. The van der Waals surface area contributed by atoms with Gasteiger partial charge in [-0.2, -0.15) is 26.3 Å². The van der Waals surface area contributed by atoms with E-state index in [1.54, 1.807) is 9.80 Å². The third-order valence-corrected chi connectivity index (χ3v) is 10.0. The lowest BCUT2D eigenvalue weighted by atomic mass is 9.72. The minimum absolute atomic E-state index is 0.0185. The Morgan fingerprint density at radius 2 is 1.81 bits per heavy atom. The Morgan fingerprint density at radius 1 is 1.07 bits per heavy atom. The largest absolute Gasteiger partial charge is 0.419 e. The topological polar surface area (TPSA) is 57.7 Å². The van der Waals surface area contributed by atoms with Crippen LogP contribution >= 0.6 is 11.3 Å². The number of anilines is 1. The number of alkyl halides is 6. The number of pyridine rings is 1. The third kappa shape index (κ3) is 5.02. The number of benzene rings is 1. The average Bonchev–Trinajstić information content (AvgIpc) is 3.58. The standard InChI is InChI=1S/C29H28F6N4O2S/c30-28(31,32)9-18-8-19-24(20(29(33,34)35)10-36-25(19)42-18)38-12-27(13-38)14-39(15-27)26(40)23-17-6-21(37-23)22(7-17)41-11-16-4-2-1-3-5-16/h1-5,8,10,17,21-23,37H,6-7,9,11-15H2/t17-,21+,22+,23+/m1/s1. The van der Waals surface area contributed by atoms with E-state index in [2.05, 4.69) is 10.3 Å². The van der Waals surface area contributed by atoms with Gasteiger partial charge in [-0.3, -0.25) is 4.79 Å². The van der Waals surface area contributed by atoms with E-state index in [1.165, 1.54) is 6.07 Å². The number of aromatic nitrogens is 1. The lowest BCUT2D eigenvalue weighted by molar-refractivity contribution is -0.149. The number of likely N-dealkylation sites (tertiary alicyclic amines) is 1. The zero-order valence-corrected chi connectivity index (χ0v) is 23.2. The number of piperidine rings is 1. The number of halogens is 6. The highest BCUT2D eigenvalue weighted by Crippen LogP contribution is 2.50. The van der Waals surface area contributed by atoms with E-state index in [0.717, 1.165) is 29.7 Å². The maximum absolute atomic E-state index is 13.9. The van der Waals surface area contributed by atoms with Crippen molar-refractivity contribution in [3.63, 3.8) is 0 Å². The molecule has 1 aliphatic carbocycles. The number of carbonyl (C=O) groups is 1. The number of ether oxygens (including phenoxy) is 1. The number of rotatable bonds is 6. The van der Waals surface area contributed by atoms with Crippen molar-refractivity contribution in [2.24, 2.45) is 11.3 Å². The van der Waals surface area contributed by atoms with Crippen molar-refractivity contribution >= 4 is 33.1 Å². The first-order valence-corrected chi connectivity index (χ1v) is 14.7. The summed E-state index contributed by atoms with van der Waals surface area (Å²) in [5.74, 6) is 0.201. The van der Waals surface area contributed by atoms with Crippen LogP contribution in [0.4, 0.5) is 32.0 Å². The summed E-state index contributed by atoms with van der Waals surface area (Å²) in [6.07, 6.45) is -7.95. The molecular weight excluding hydrogens is 582 g/mol. The minimum Gasteiger partial charge on any atom is -0.372 e. The van der Waals surface area contributed by atoms with Gasteiger partial charge in [-0.05, 0) is 30.4 Å². The molecule has 1 N–H and O–H groups in total. The van der Waals surface area contributed by atoms with Gasteiger partial charge in [-0.1, -0.05) is 30.3 Å². The van der Waals surface area contributed by atoms with Gasteiger partial charge in [0.1, 0.15) is 4.83 Å². The lowest BCUT2D eigenvalue weighted by Gasteiger charge is -2.61. The smallest absolute Gasteiger partial charge is 0.372 e. The molecule has 2 bridgehead atoms. The molecule has 2 aromatic heterocycles. The summed E-state index contributed by atoms with van der Waals surface area (Å²) in [4.78, 5) is 20.6. The molecule has 5 heterocycles. The van der Waals surface area contributed by atoms with Crippen molar-refractivity contribution in [2.75, 3.05) is 31.1 Å². The monoisotopic (exact) mass is 610 g/mol. The number of nitrogens with one attached hydrogen (secondary N) is 1. The van der Waals surface area contributed by atoms with Crippen molar-refractivity contribution in [1.29, 1.82) is 0 Å². The molecule has 4 atom stereocenters. The van der Waals surface area contributed by atoms with Crippen LogP contribution in [0.3, 0.4) is 0 Å². The van der Waals surface area contributed by atoms with Crippen molar-refractivity contribution < 1.29 is 35.9 Å². The summed E-state index contributed by atoms with van der Waals surface area (Å²) in [5, 5.41) is 3.54. The predicted octanol–water partition coefficient (Wildman–Crippen LogP) is 5.40. The van der Waals surface area contributed by atoms with Gasteiger partial charge in [0.05, 0.1) is 36.4 Å². The van der Waals surface area contributed by atoms with Crippen molar-refractivity contribution in [2.45, 2.75) is 56.4 Å². The third-order valence-electron chi connectivity index (χ3n) is 8.98. The summed E-state index contributed by atoms with van der Waals surface area (Å²) >= 11 is 0.761. The van der Waals surface area contributed by atoms with Crippen molar-refractivity contribution in [3.05, 3.63) is 58.6 Å². The molecule has 6 nitrogen and oxygen atoms in total. The molecule has 1 amide bonds. The predicted molar refractivity (Wildman–Crippen MR) is 144 cm³/mol. The van der Waals surface area contributed by atoms with Crippen LogP contribution in [-0.2, 0) is 28.7 Å². The summed E-state index contributed by atoms with van der Waals surface area (Å²) in [5.41, 5.74) is -0.297. The fraction of sp³-hybridized carbons (Fsp3) is 0.517. The van der Waals surface area contributed by atoms with Crippen molar-refractivity contribution in [3.8, 4) is 0 Å². The van der Waals surface area contributed by atoms with E-state index >= 15 is 0 Å². The maximum Gasteiger partial charge on any atom is 0.419 e. The summed E-state index contributed by atoms with van der Waals surface area (Å²) in [6.45, 7) is 2.01. The molecule has 3 aromatic rings. The zero-order valence-electron chi connectivity index (χ0n) is 22.3. The van der Waals surface area contributed by atoms with Crippen LogP contribution < -0.4 is 10.2 Å². The second kappa shape index (κ2) is 9.81. The van der Waals surface area contributed by atoms with Crippen molar-refractivity contribution in [1.82, 2.24) is 15.2 Å². The number of hydrogen-bond donors (Lipinski definition) is 1. The van der Waals surface area contributed by atoms with Gasteiger partial charge < -0.3 is 19.9 Å². The molecule has 1 aromatic carbocycles. The van der Waals surface area contributed by atoms with Crippen LogP contribution in [0.15, 0.2) is 42.6 Å². The van der Waals surface area contributed by atoms with Crippen LogP contribution in [0.1, 0.15) is 28.8 Å². The Morgan fingerprint density at radius 3 is 2.45 bits per heavy atom. The number of carbonyl (C=O) groups excluding carboxylic acids is 1. The Hall–Kier alpha value is -2.90. The highest BCUT2D eigenvalue weighted by atomic mass is 32.1. The van der Waals surface area contributed by atoms with Gasteiger partial charge in [-0.15, -0.1) is 11.3 Å². The zero-order chi connectivity index (χ0) is 29.4. The van der Waals surface area contributed by atoms with E-state index in [4.69, 9.17) is 4.74 Å². The molecule has 224 valence electrons. The lowest BCUT2D eigenvalue weighted by Crippen LogP contribution is -2.74.